The van der Waals surface area contributed by atoms with Crippen LogP contribution in [0.4, 0.5) is 5.69 Å². The second-order valence-electron chi connectivity index (χ2n) is 5.79. The van der Waals surface area contributed by atoms with Gasteiger partial charge in [0.15, 0.2) is 0 Å². The van der Waals surface area contributed by atoms with Crippen LogP contribution in [0.1, 0.15) is 22.3 Å². The molecule has 7 heteroatoms. The van der Waals surface area contributed by atoms with Gasteiger partial charge in [-0.3, -0.25) is 14.3 Å². The summed E-state index contributed by atoms with van der Waals surface area (Å²) in [4.78, 5) is 27.9. The van der Waals surface area contributed by atoms with Crippen molar-refractivity contribution >= 4 is 22.6 Å². The summed E-state index contributed by atoms with van der Waals surface area (Å²) in [6.45, 7) is 0.721. The van der Waals surface area contributed by atoms with Gasteiger partial charge in [0.25, 0.3) is 5.91 Å². The minimum atomic E-state index is -0.446. The van der Waals surface area contributed by atoms with Crippen LogP contribution in [0, 0.1) is 0 Å². The number of anilines is 1. The molecule has 2 N–H and O–H groups in total. The third-order valence-electron chi connectivity index (χ3n) is 4.19. The Balaban J connectivity index is 1.65. The van der Waals surface area contributed by atoms with Crippen LogP contribution < -0.4 is 15.5 Å². The lowest BCUT2D eigenvalue weighted by molar-refractivity contribution is 0.102. The van der Waals surface area contributed by atoms with Crippen molar-refractivity contribution in [3.8, 4) is 5.75 Å². The number of aromatic amines is 1. The molecule has 0 bridgehead atoms. The number of ether oxygens (including phenoxy) is 1. The first-order chi connectivity index (χ1) is 11.6. The minimum Gasteiger partial charge on any atom is -0.493 e. The zero-order valence-corrected chi connectivity index (χ0v) is 13.1. The fourth-order valence-electron chi connectivity index (χ4n) is 2.93. The molecule has 0 saturated carbocycles. The molecule has 0 saturated heterocycles. The number of carbonyl (C=O) groups is 1. The van der Waals surface area contributed by atoms with E-state index in [1.165, 1.54) is 12.4 Å². The lowest BCUT2D eigenvalue weighted by atomic mass is 10.1. The Morgan fingerprint density at radius 2 is 2.29 bits per heavy atom. The standard InChI is InChI=1S/C17H16N4O3/c1-21-16-12(9-19-21)15(22)13(8-18-16)17(23)20-11-4-5-14-10(7-11)3-2-6-24-14/h4-5,7-9H,2-3,6H2,1H3,(H,18,22)(H,20,23). The van der Waals surface area contributed by atoms with Crippen LogP contribution in [0.15, 0.2) is 35.4 Å². The molecule has 2 aromatic heterocycles. The van der Waals surface area contributed by atoms with E-state index in [-0.39, 0.29) is 11.0 Å². The van der Waals surface area contributed by atoms with Crippen molar-refractivity contribution in [1.29, 1.82) is 0 Å². The predicted octanol–water partition coefficient (Wildman–Crippen LogP) is 1.84. The highest BCUT2D eigenvalue weighted by Crippen LogP contribution is 2.27. The molecule has 1 aromatic carbocycles. The summed E-state index contributed by atoms with van der Waals surface area (Å²) in [6, 6.07) is 5.51. The highest BCUT2D eigenvalue weighted by molar-refractivity contribution is 6.05. The van der Waals surface area contributed by atoms with E-state index in [1.54, 1.807) is 17.8 Å². The molecule has 0 aliphatic carbocycles. The molecule has 0 atom stereocenters. The van der Waals surface area contributed by atoms with E-state index in [2.05, 4.69) is 15.4 Å². The van der Waals surface area contributed by atoms with Gasteiger partial charge in [0.2, 0.25) is 5.43 Å². The Bertz CT molecular complexity index is 1000. The molecule has 0 radical (unpaired) electrons. The number of hydrogen-bond donors (Lipinski definition) is 2. The first-order valence-electron chi connectivity index (χ1n) is 7.74. The molecule has 4 rings (SSSR count). The van der Waals surface area contributed by atoms with Gasteiger partial charge in [0.05, 0.1) is 18.2 Å². The van der Waals surface area contributed by atoms with Crippen molar-refractivity contribution in [2.24, 2.45) is 7.05 Å². The molecular formula is C17H16N4O3. The summed E-state index contributed by atoms with van der Waals surface area (Å²) in [5, 5.41) is 7.20. The molecule has 0 unspecified atom stereocenters. The van der Waals surface area contributed by atoms with Crippen molar-refractivity contribution in [3.05, 3.63) is 51.9 Å². The van der Waals surface area contributed by atoms with Gasteiger partial charge in [-0.25, -0.2) is 0 Å². The maximum Gasteiger partial charge on any atom is 0.261 e. The van der Waals surface area contributed by atoms with Gasteiger partial charge >= 0.3 is 0 Å². The largest absolute Gasteiger partial charge is 0.493 e. The SMILES string of the molecule is Cn1ncc2c(=O)c(C(=O)Nc3ccc4c(c3)CCCO4)c[nH]c21. The summed E-state index contributed by atoms with van der Waals surface area (Å²) >= 11 is 0. The van der Waals surface area contributed by atoms with E-state index in [0.717, 1.165) is 30.8 Å². The van der Waals surface area contributed by atoms with Gasteiger partial charge in [0, 0.05) is 18.9 Å². The van der Waals surface area contributed by atoms with E-state index in [1.807, 2.05) is 12.1 Å². The number of pyridine rings is 1. The molecular weight excluding hydrogens is 308 g/mol. The molecule has 0 fully saturated rings. The molecule has 1 aliphatic heterocycles. The van der Waals surface area contributed by atoms with Crippen molar-refractivity contribution in [3.63, 3.8) is 0 Å². The van der Waals surface area contributed by atoms with Gasteiger partial charge in [-0.15, -0.1) is 0 Å². The summed E-state index contributed by atoms with van der Waals surface area (Å²) in [7, 11) is 1.73. The highest BCUT2D eigenvalue weighted by Gasteiger charge is 2.16. The molecule has 0 spiro atoms. The van der Waals surface area contributed by atoms with Crippen molar-refractivity contribution < 1.29 is 9.53 Å². The number of rotatable bonds is 2. The number of nitrogens with zero attached hydrogens (tertiary/aromatic N) is 2. The van der Waals surface area contributed by atoms with Crippen molar-refractivity contribution in [2.75, 3.05) is 11.9 Å². The molecule has 3 aromatic rings. The van der Waals surface area contributed by atoms with Crippen LogP contribution in [0.2, 0.25) is 0 Å². The lowest BCUT2D eigenvalue weighted by Crippen LogP contribution is -2.22. The number of hydrogen-bond acceptors (Lipinski definition) is 4. The maximum atomic E-state index is 12.5. The fraction of sp³-hybridized carbons (Fsp3) is 0.235. The van der Waals surface area contributed by atoms with Crippen LogP contribution in [0.3, 0.4) is 0 Å². The Kier molecular flexibility index (Phi) is 3.34. The third-order valence-corrected chi connectivity index (χ3v) is 4.19. The second kappa shape index (κ2) is 5.52. The molecule has 122 valence electrons. The molecule has 1 amide bonds. The van der Waals surface area contributed by atoms with Gasteiger partial charge in [-0.05, 0) is 36.6 Å². The summed E-state index contributed by atoms with van der Waals surface area (Å²) in [6.07, 6.45) is 4.76. The maximum absolute atomic E-state index is 12.5. The Labute approximate surface area is 137 Å². The highest BCUT2D eigenvalue weighted by atomic mass is 16.5. The number of amides is 1. The first-order valence-corrected chi connectivity index (χ1v) is 7.74. The predicted molar refractivity (Wildman–Crippen MR) is 89.5 cm³/mol. The van der Waals surface area contributed by atoms with Crippen LogP contribution in [0.5, 0.6) is 5.75 Å². The van der Waals surface area contributed by atoms with E-state index in [9.17, 15) is 9.59 Å². The Hall–Kier alpha value is -3.09. The number of aromatic nitrogens is 3. The number of fused-ring (bicyclic) bond motifs is 2. The zero-order chi connectivity index (χ0) is 16.7. The van der Waals surface area contributed by atoms with E-state index in [4.69, 9.17) is 4.74 Å². The van der Waals surface area contributed by atoms with Gasteiger partial charge in [0.1, 0.15) is 17.0 Å². The molecule has 7 nitrogen and oxygen atoms in total. The summed E-state index contributed by atoms with van der Waals surface area (Å²) < 4.78 is 7.12. The monoisotopic (exact) mass is 324 g/mol. The lowest BCUT2D eigenvalue weighted by Gasteiger charge is -2.18. The Morgan fingerprint density at radius 3 is 3.17 bits per heavy atom. The number of nitrogens with one attached hydrogen (secondary N) is 2. The second-order valence-corrected chi connectivity index (χ2v) is 5.79. The third kappa shape index (κ3) is 2.34. The van der Waals surface area contributed by atoms with Gasteiger partial charge < -0.3 is 15.0 Å². The first kappa shape index (κ1) is 14.5. The quantitative estimate of drug-likeness (QED) is 0.753. The summed E-state index contributed by atoms with van der Waals surface area (Å²) in [5.74, 6) is 0.410. The average molecular weight is 324 g/mol. The molecule has 3 heterocycles. The smallest absolute Gasteiger partial charge is 0.261 e. The number of H-pyrrole nitrogens is 1. The van der Waals surface area contributed by atoms with Crippen LogP contribution in [-0.2, 0) is 13.5 Å². The average Bonchev–Trinajstić information content (AvgIpc) is 2.97. The van der Waals surface area contributed by atoms with Crippen LogP contribution >= 0.6 is 0 Å². The van der Waals surface area contributed by atoms with E-state index in [0.29, 0.717) is 16.7 Å². The fourth-order valence-corrected chi connectivity index (χ4v) is 2.93. The van der Waals surface area contributed by atoms with Gasteiger partial charge in [-0.2, -0.15) is 5.10 Å². The Morgan fingerprint density at radius 1 is 1.42 bits per heavy atom. The number of benzene rings is 1. The number of aryl methyl sites for hydroxylation is 2. The minimum absolute atomic E-state index is 0.0597. The summed E-state index contributed by atoms with van der Waals surface area (Å²) in [5.41, 5.74) is 2.02. The zero-order valence-electron chi connectivity index (χ0n) is 13.1. The molecule has 1 aliphatic rings. The number of carbonyl (C=O) groups excluding carboxylic acids is 1. The normalized spacial score (nSPS) is 13.4. The topological polar surface area (TPSA) is 89.0 Å². The van der Waals surface area contributed by atoms with Crippen LogP contribution in [0.25, 0.3) is 11.0 Å². The van der Waals surface area contributed by atoms with E-state index < -0.39 is 5.91 Å². The van der Waals surface area contributed by atoms with Crippen LogP contribution in [-0.4, -0.2) is 27.3 Å². The van der Waals surface area contributed by atoms with Gasteiger partial charge in [-0.1, -0.05) is 0 Å². The molecule has 24 heavy (non-hydrogen) atoms. The van der Waals surface area contributed by atoms with Crippen molar-refractivity contribution in [2.45, 2.75) is 12.8 Å². The van der Waals surface area contributed by atoms with E-state index >= 15 is 0 Å². The van der Waals surface area contributed by atoms with Crippen molar-refractivity contribution in [1.82, 2.24) is 14.8 Å².